The smallest absolute Gasteiger partial charge is 0.118 e. The van der Waals surface area contributed by atoms with Gasteiger partial charge in [0.15, 0.2) is 0 Å². The molecule has 1 aromatic rings. The van der Waals surface area contributed by atoms with Gasteiger partial charge >= 0.3 is 0 Å². The van der Waals surface area contributed by atoms with Crippen LogP contribution in [0.4, 0.5) is 0 Å². The normalized spacial score (nSPS) is 25.9. The Labute approximate surface area is 128 Å². The fourth-order valence-electron chi connectivity index (χ4n) is 3.88. The zero-order chi connectivity index (χ0) is 14.7. The first-order valence-corrected chi connectivity index (χ1v) is 8.25. The minimum atomic E-state index is 0.190. The van der Waals surface area contributed by atoms with Crippen LogP contribution >= 0.6 is 0 Å². The van der Waals surface area contributed by atoms with E-state index in [1.807, 2.05) is 12.1 Å². The van der Waals surface area contributed by atoms with E-state index in [4.69, 9.17) is 9.47 Å². The van der Waals surface area contributed by atoms with Crippen molar-refractivity contribution in [2.24, 2.45) is 0 Å². The van der Waals surface area contributed by atoms with Crippen molar-refractivity contribution in [3.05, 3.63) is 29.8 Å². The molecule has 2 aliphatic rings. The molecule has 116 valence electrons. The Balaban J connectivity index is 1.59. The van der Waals surface area contributed by atoms with E-state index in [1.54, 1.807) is 7.11 Å². The van der Waals surface area contributed by atoms with Gasteiger partial charge in [0.1, 0.15) is 5.75 Å². The van der Waals surface area contributed by atoms with E-state index >= 15 is 0 Å². The van der Waals surface area contributed by atoms with Crippen molar-refractivity contribution in [3.63, 3.8) is 0 Å². The maximum Gasteiger partial charge on any atom is 0.118 e. The second-order valence-electron chi connectivity index (χ2n) is 6.59. The molecule has 1 unspecified atom stereocenters. The third-order valence-electron chi connectivity index (χ3n) is 5.11. The van der Waals surface area contributed by atoms with Gasteiger partial charge in [-0.3, -0.25) is 0 Å². The lowest BCUT2D eigenvalue weighted by Gasteiger charge is -2.39. The van der Waals surface area contributed by atoms with Gasteiger partial charge in [-0.2, -0.15) is 0 Å². The van der Waals surface area contributed by atoms with Crippen LogP contribution in [0, 0.1) is 0 Å². The summed E-state index contributed by atoms with van der Waals surface area (Å²) < 4.78 is 11.3. The highest BCUT2D eigenvalue weighted by atomic mass is 16.5. The zero-order valence-electron chi connectivity index (χ0n) is 13.2. The van der Waals surface area contributed by atoms with E-state index in [0.29, 0.717) is 12.1 Å². The van der Waals surface area contributed by atoms with Gasteiger partial charge in [0, 0.05) is 18.7 Å². The van der Waals surface area contributed by atoms with Gasteiger partial charge in [0.2, 0.25) is 0 Å². The molecule has 1 heterocycles. The van der Waals surface area contributed by atoms with Crippen molar-refractivity contribution < 1.29 is 9.47 Å². The predicted molar refractivity (Wildman–Crippen MR) is 84.7 cm³/mol. The molecule has 0 amide bonds. The fraction of sp³-hybridized carbons (Fsp3) is 0.667. The summed E-state index contributed by atoms with van der Waals surface area (Å²) in [6.07, 6.45) is 7.47. The van der Waals surface area contributed by atoms with Gasteiger partial charge in [-0.1, -0.05) is 25.0 Å². The lowest BCUT2D eigenvalue weighted by atomic mass is 9.88. The van der Waals surface area contributed by atoms with E-state index in [2.05, 4.69) is 24.4 Å². The highest BCUT2D eigenvalue weighted by Crippen LogP contribution is 2.40. The number of hydrogen-bond donors (Lipinski definition) is 1. The Morgan fingerprint density at radius 2 is 1.95 bits per heavy atom. The van der Waals surface area contributed by atoms with E-state index in [1.165, 1.54) is 37.7 Å². The molecule has 2 fully saturated rings. The molecule has 21 heavy (non-hydrogen) atoms. The summed E-state index contributed by atoms with van der Waals surface area (Å²) in [5.74, 6) is 0.918. The molecular formula is C18H27NO2. The molecule has 1 saturated carbocycles. The Hall–Kier alpha value is -1.06. The van der Waals surface area contributed by atoms with Gasteiger partial charge in [-0.25, -0.2) is 0 Å². The quantitative estimate of drug-likeness (QED) is 0.913. The molecule has 1 N–H and O–H groups in total. The van der Waals surface area contributed by atoms with E-state index in [0.717, 1.165) is 18.8 Å². The van der Waals surface area contributed by atoms with Crippen LogP contribution in [0.3, 0.4) is 0 Å². The largest absolute Gasteiger partial charge is 0.497 e. The zero-order valence-corrected chi connectivity index (χ0v) is 13.2. The number of benzene rings is 1. The molecule has 3 nitrogen and oxygen atoms in total. The third-order valence-corrected chi connectivity index (χ3v) is 5.11. The molecule has 3 heteroatoms. The average Bonchev–Trinajstić information content (AvgIpc) is 2.95. The number of methoxy groups -OCH3 is 1. The molecule has 1 aromatic carbocycles. The Morgan fingerprint density at radius 3 is 2.62 bits per heavy atom. The van der Waals surface area contributed by atoms with E-state index < -0.39 is 0 Å². The second-order valence-corrected chi connectivity index (χ2v) is 6.59. The van der Waals surface area contributed by atoms with Crippen LogP contribution in [-0.4, -0.2) is 25.4 Å². The summed E-state index contributed by atoms with van der Waals surface area (Å²) >= 11 is 0. The van der Waals surface area contributed by atoms with Crippen molar-refractivity contribution in [1.29, 1.82) is 0 Å². The number of ether oxygens (including phenoxy) is 2. The van der Waals surface area contributed by atoms with Gasteiger partial charge < -0.3 is 14.8 Å². The average molecular weight is 289 g/mol. The van der Waals surface area contributed by atoms with Crippen LogP contribution in [0.1, 0.15) is 57.1 Å². The summed E-state index contributed by atoms with van der Waals surface area (Å²) in [4.78, 5) is 0. The molecule has 1 aliphatic carbocycles. The van der Waals surface area contributed by atoms with E-state index in [-0.39, 0.29) is 5.60 Å². The summed E-state index contributed by atoms with van der Waals surface area (Å²) in [5.41, 5.74) is 1.51. The summed E-state index contributed by atoms with van der Waals surface area (Å²) in [6.45, 7) is 3.16. The van der Waals surface area contributed by atoms with Gasteiger partial charge in [0.05, 0.1) is 12.7 Å². The molecule has 1 saturated heterocycles. The van der Waals surface area contributed by atoms with Crippen LogP contribution in [0.2, 0.25) is 0 Å². The SMILES string of the molecule is COc1ccc([C@@H](C)NC2CCOC3(CCCC3)C2)cc1. The minimum Gasteiger partial charge on any atom is -0.497 e. The van der Waals surface area contributed by atoms with Gasteiger partial charge in [0.25, 0.3) is 0 Å². The third kappa shape index (κ3) is 3.41. The van der Waals surface area contributed by atoms with Crippen LogP contribution < -0.4 is 10.1 Å². The second kappa shape index (κ2) is 6.37. The van der Waals surface area contributed by atoms with Crippen molar-refractivity contribution in [3.8, 4) is 5.75 Å². The van der Waals surface area contributed by atoms with Gasteiger partial charge in [-0.05, 0) is 50.3 Å². The maximum absolute atomic E-state index is 6.12. The van der Waals surface area contributed by atoms with Crippen molar-refractivity contribution in [2.45, 2.75) is 63.1 Å². The van der Waals surface area contributed by atoms with Crippen LogP contribution in [0.25, 0.3) is 0 Å². The van der Waals surface area contributed by atoms with Gasteiger partial charge in [-0.15, -0.1) is 0 Å². The first-order valence-electron chi connectivity index (χ1n) is 8.25. The lowest BCUT2D eigenvalue weighted by Crippen LogP contribution is -2.46. The van der Waals surface area contributed by atoms with Crippen molar-refractivity contribution in [2.75, 3.05) is 13.7 Å². The first-order chi connectivity index (χ1) is 10.2. The topological polar surface area (TPSA) is 30.5 Å². The highest BCUT2D eigenvalue weighted by molar-refractivity contribution is 5.28. The molecule has 0 bridgehead atoms. The molecule has 1 spiro atoms. The standard InChI is InChI=1S/C18H27NO2/c1-14(15-5-7-17(20-2)8-6-15)19-16-9-12-21-18(13-16)10-3-4-11-18/h5-8,14,16,19H,3-4,9-13H2,1-2H3/t14-,16?/m1/s1. The monoisotopic (exact) mass is 289 g/mol. The van der Waals surface area contributed by atoms with Crippen LogP contribution in [0.5, 0.6) is 5.75 Å². The lowest BCUT2D eigenvalue weighted by molar-refractivity contribution is -0.0846. The highest BCUT2D eigenvalue weighted by Gasteiger charge is 2.40. The summed E-state index contributed by atoms with van der Waals surface area (Å²) in [7, 11) is 1.71. The Bertz CT molecular complexity index is 451. The molecular weight excluding hydrogens is 262 g/mol. The van der Waals surface area contributed by atoms with E-state index in [9.17, 15) is 0 Å². The first kappa shape index (κ1) is 14.9. The van der Waals surface area contributed by atoms with Crippen molar-refractivity contribution >= 4 is 0 Å². The van der Waals surface area contributed by atoms with Crippen LogP contribution in [-0.2, 0) is 4.74 Å². The molecule has 0 radical (unpaired) electrons. The number of nitrogens with one attached hydrogen (secondary N) is 1. The Kier molecular flexibility index (Phi) is 4.51. The molecule has 2 atom stereocenters. The molecule has 0 aromatic heterocycles. The van der Waals surface area contributed by atoms with Crippen LogP contribution in [0.15, 0.2) is 24.3 Å². The predicted octanol–water partition coefficient (Wildman–Crippen LogP) is 3.84. The summed E-state index contributed by atoms with van der Waals surface area (Å²) in [5, 5.41) is 3.80. The summed E-state index contributed by atoms with van der Waals surface area (Å²) in [6, 6.07) is 9.33. The van der Waals surface area contributed by atoms with Crippen molar-refractivity contribution in [1.82, 2.24) is 5.32 Å². The number of rotatable bonds is 4. The Morgan fingerprint density at radius 1 is 1.24 bits per heavy atom. The molecule has 3 rings (SSSR count). The maximum atomic E-state index is 6.12. The fourth-order valence-corrected chi connectivity index (χ4v) is 3.88. The minimum absolute atomic E-state index is 0.190. The molecule has 1 aliphatic heterocycles. The number of hydrogen-bond acceptors (Lipinski definition) is 3.